The molecule has 1 aliphatic heterocycles. The zero-order chi connectivity index (χ0) is 15.7. The Bertz CT molecular complexity index is 260. The molecule has 0 radical (unpaired) electrons. The predicted octanol–water partition coefficient (Wildman–Crippen LogP) is 3.68. The number of piperidine rings is 1. The minimum absolute atomic E-state index is 0.460. The SMILES string of the molecule is CC(C)NCCOCCN1CCCCC1CCC(C)(C)C. The molecule has 0 aromatic carbocycles. The van der Waals surface area contributed by atoms with Crippen molar-refractivity contribution in [2.45, 2.75) is 78.8 Å². The van der Waals surface area contributed by atoms with Crippen LogP contribution in [0.1, 0.15) is 66.7 Å². The third-order valence-corrected chi connectivity index (χ3v) is 4.30. The van der Waals surface area contributed by atoms with Crippen molar-refractivity contribution in [2.75, 3.05) is 32.8 Å². The Kier molecular flexibility index (Phi) is 8.84. The average molecular weight is 299 g/mol. The van der Waals surface area contributed by atoms with Crippen molar-refractivity contribution in [3.05, 3.63) is 0 Å². The fourth-order valence-electron chi connectivity index (χ4n) is 2.98. The number of hydrogen-bond donors (Lipinski definition) is 1. The van der Waals surface area contributed by atoms with Gasteiger partial charge in [0.1, 0.15) is 0 Å². The zero-order valence-electron chi connectivity index (χ0n) is 15.1. The van der Waals surface area contributed by atoms with Gasteiger partial charge in [0.05, 0.1) is 13.2 Å². The molecule has 0 bridgehead atoms. The van der Waals surface area contributed by atoms with E-state index >= 15 is 0 Å². The first-order valence-corrected chi connectivity index (χ1v) is 8.93. The molecular formula is C18H38N2O. The predicted molar refractivity (Wildman–Crippen MR) is 91.9 cm³/mol. The van der Waals surface area contributed by atoms with E-state index in [0.717, 1.165) is 32.3 Å². The molecule has 0 spiro atoms. The second-order valence-electron chi connectivity index (χ2n) is 8.01. The maximum Gasteiger partial charge on any atom is 0.0594 e. The van der Waals surface area contributed by atoms with Crippen LogP contribution in [0.5, 0.6) is 0 Å². The monoisotopic (exact) mass is 298 g/mol. The quantitative estimate of drug-likeness (QED) is 0.657. The van der Waals surface area contributed by atoms with E-state index in [0.29, 0.717) is 11.5 Å². The number of nitrogens with one attached hydrogen (secondary N) is 1. The van der Waals surface area contributed by atoms with Gasteiger partial charge in [-0.25, -0.2) is 0 Å². The van der Waals surface area contributed by atoms with E-state index in [1.165, 1.54) is 38.6 Å². The van der Waals surface area contributed by atoms with Crippen molar-refractivity contribution in [3.63, 3.8) is 0 Å². The van der Waals surface area contributed by atoms with Crippen molar-refractivity contribution < 1.29 is 4.74 Å². The van der Waals surface area contributed by atoms with Crippen LogP contribution in [-0.2, 0) is 4.74 Å². The minimum atomic E-state index is 0.460. The maximum atomic E-state index is 5.78. The third kappa shape index (κ3) is 9.49. The Morgan fingerprint density at radius 2 is 1.95 bits per heavy atom. The molecule has 1 rings (SSSR count). The van der Waals surface area contributed by atoms with Gasteiger partial charge in [0.25, 0.3) is 0 Å². The Labute approximate surface area is 132 Å². The highest BCUT2D eigenvalue weighted by Crippen LogP contribution is 2.27. The Morgan fingerprint density at radius 3 is 2.62 bits per heavy atom. The van der Waals surface area contributed by atoms with Gasteiger partial charge in [-0.05, 0) is 37.6 Å². The topological polar surface area (TPSA) is 24.5 Å². The highest BCUT2D eigenvalue weighted by atomic mass is 16.5. The maximum absolute atomic E-state index is 5.78. The molecule has 1 heterocycles. The Hall–Kier alpha value is -0.120. The summed E-state index contributed by atoms with van der Waals surface area (Å²) in [6.45, 7) is 16.5. The molecule has 1 unspecified atom stereocenters. The van der Waals surface area contributed by atoms with Crippen LogP contribution in [0, 0.1) is 5.41 Å². The van der Waals surface area contributed by atoms with E-state index in [2.05, 4.69) is 44.8 Å². The van der Waals surface area contributed by atoms with Crippen LogP contribution in [0.4, 0.5) is 0 Å². The molecule has 1 N–H and O–H groups in total. The molecule has 0 aliphatic carbocycles. The van der Waals surface area contributed by atoms with Gasteiger partial charge >= 0.3 is 0 Å². The van der Waals surface area contributed by atoms with Crippen molar-refractivity contribution in [2.24, 2.45) is 5.41 Å². The third-order valence-electron chi connectivity index (χ3n) is 4.30. The molecular weight excluding hydrogens is 260 g/mol. The summed E-state index contributed by atoms with van der Waals surface area (Å²) >= 11 is 0. The van der Waals surface area contributed by atoms with E-state index in [4.69, 9.17) is 4.74 Å². The average Bonchev–Trinajstić information content (AvgIpc) is 2.40. The fourth-order valence-corrected chi connectivity index (χ4v) is 2.98. The molecule has 21 heavy (non-hydrogen) atoms. The van der Waals surface area contributed by atoms with Crippen LogP contribution in [0.25, 0.3) is 0 Å². The van der Waals surface area contributed by atoms with E-state index in [9.17, 15) is 0 Å². The summed E-state index contributed by atoms with van der Waals surface area (Å²) in [6.07, 6.45) is 6.82. The summed E-state index contributed by atoms with van der Waals surface area (Å²) in [4.78, 5) is 2.67. The second-order valence-corrected chi connectivity index (χ2v) is 8.01. The first-order chi connectivity index (χ1) is 9.88. The number of nitrogens with zero attached hydrogens (tertiary/aromatic N) is 1. The van der Waals surface area contributed by atoms with Crippen molar-refractivity contribution in [1.82, 2.24) is 10.2 Å². The van der Waals surface area contributed by atoms with Gasteiger partial charge in [0.2, 0.25) is 0 Å². The molecule has 126 valence electrons. The molecule has 0 saturated carbocycles. The van der Waals surface area contributed by atoms with Crippen molar-refractivity contribution >= 4 is 0 Å². The molecule has 0 aromatic heterocycles. The highest BCUT2D eigenvalue weighted by Gasteiger charge is 2.23. The van der Waals surface area contributed by atoms with Gasteiger partial charge in [-0.2, -0.15) is 0 Å². The molecule has 0 aromatic rings. The Morgan fingerprint density at radius 1 is 1.19 bits per heavy atom. The molecule has 1 aliphatic rings. The van der Waals surface area contributed by atoms with Crippen LogP contribution < -0.4 is 5.32 Å². The lowest BCUT2D eigenvalue weighted by atomic mass is 9.86. The molecule has 1 fully saturated rings. The van der Waals surface area contributed by atoms with Gasteiger partial charge in [-0.15, -0.1) is 0 Å². The summed E-state index contributed by atoms with van der Waals surface area (Å²) in [5, 5.41) is 3.39. The smallest absolute Gasteiger partial charge is 0.0594 e. The van der Waals surface area contributed by atoms with E-state index in [1.807, 2.05) is 0 Å². The zero-order valence-corrected chi connectivity index (χ0v) is 15.1. The van der Waals surface area contributed by atoms with Gasteiger partial charge < -0.3 is 10.1 Å². The Balaban J connectivity index is 2.17. The van der Waals surface area contributed by atoms with Gasteiger partial charge in [0, 0.05) is 25.2 Å². The highest BCUT2D eigenvalue weighted by molar-refractivity contribution is 4.78. The normalized spacial score (nSPS) is 21.1. The fraction of sp³-hybridized carbons (Fsp3) is 1.00. The largest absolute Gasteiger partial charge is 0.379 e. The summed E-state index contributed by atoms with van der Waals surface area (Å²) < 4.78 is 5.78. The van der Waals surface area contributed by atoms with Crippen LogP contribution in [0.3, 0.4) is 0 Å². The molecule has 3 heteroatoms. The van der Waals surface area contributed by atoms with Crippen LogP contribution in [0.2, 0.25) is 0 Å². The van der Waals surface area contributed by atoms with E-state index in [1.54, 1.807) is 0 Å². The first-order valence-electron chi connectivity index (χ1n) is 8.93. The summed E-state index contributed by atoms with van der Waals surface area (Å²) in [5.74, 6) is 0. The van der Waals surface area contributed by atoms with Gasteiger partial charge in [-0.3, -0.25) is 4.90 Å². The van der Waals surface area contributed by atoms with Crippen molar-refractivity contribution in [1.29, 1.82) is 0 Å². The summed E-state index contributed by atoms with van der Waals surface area (Å²) in [7, 11) is 0. The first kappa shape index (κ1) is 18.9. The molecule has 0 amide bonds. The number of likely N-dealkylation sites (tertiary alicyclic amines) is 1. The van der Waals surface area contributed by atoms with Gasteiger partial charge in [0.15, 0.2) is 0 Å². The lowest BCUT2D eigenvalue weighted by Crippen LogP contribution is -2.42. The van der Waals surface area contributed by atoms with Crippen molar-refractivity contribution in [3.8, 4) is 0 Å². The summed E-state index contributed by atoms with van der Waals surface area (Å²) in [6, 6.07) is 1.34. The lowest BCUT2D eigenvalue weighted by molar-refractivity contribution is 0.0658. The van der Waals surface area contributed by atoms with Crippen LogP contribution >= 0.6 is 0 Å². The molecule has 1 saturated heterocycles. The number of hydrogen-bond acceptors (Lipinski definition) is 3. The minimum Gasteiger partial charge on any atom is -0.379 e. The van der Waals surface area contributed by atoms with E-state index < -0.39 is 0 Å². The standard InChI is InChI=1S/C18H38N2O/c1-16(2)19-11-14-21-15-13-20-12-7-6-8-17(20)9-10-18(3,4)5/h16-17,19H,6-15H2,1-5H3. The van der Waals surface area contributed by atoms with E-state index in [-0.39, 0.29) is 0 Å². The summed E-state index contributed by atoms with van der Waals surface area (Å²) in [5.41, 5.74) is 0.460. The second kappa shape index (κ2) is 9.81. The van der Waals surface area contributed by atoms with Crippen LogP contribution in [0.15, 0.2) is 0 Å². The lowest BCUT2D eigenvalue weighted by Gasteiger charge is -2.37. The molecule has 3 nitrogen and oxygen atoms in total. The van der Waals surface area contributed by atoms with Crippen LogP contribution in [-0.4, -0.2) is 49.8 Å². The number of rotatable bonds is 9. The van der Waals surface area contributed by atoms with Gasteiger partial charge in [-0.1, -0.05) is 41.0 Å². The molecule has 1 atom stereocenters. The number of ether oxygens (including phenoxy) is 1.